The third-order valence-electron chi connectivity index (χ3n) is 9.72. The number of carbonyl (C=O) groups is 4. The lowest BCUT2D eigenvalue weighted by Crippen LogP contribution is -2.33. The predicted octanol–water partition coefficient (Wildman–Crippen LogP) is 8.16. The van der Waals surface area contributed by atoms with Crippen LogP contribution in [-0.2, 0) is 0 Å². The fourth-order valence-corrected chi connectivity index (χ4v) is 7.42. The Kier molecular flexibility index (Phi) is 9.86. The molecule has 270 valence electrons. The van der Waals surface area contributed by atoms with Gasteiger partial charge < -0.3 is 10.2 Å². The highest BCUT2D eigenvalue weighted by molar-refractivity contribution is 6.35. The van der Waals surface area contributed by atoms with Gasteiger partial charge in [0.05, 0.1) is 73.4 Å². The second-order valence-electron chi connectivity index (χ2n) is 12.9. The zero-order valence-corrected chi connectivity index (χ0v) is 30.5. The first kappa shape index (κ1) is 36.6. The number of amides is 4. The molecule has 4 amide bonds. The molecule has 0 spiro atoms. The van der Waals surface area contributed by atoms with E-state index in [0.29, 0.717) is 60.0 Å². The van der Waals surface area contributed by atoms with Gasteiger partial charge in [0.1, 0.15) is 6.10 Å². The number of carbonyl (C=O) groups excluding carboxylic acids is 4. The molecule has 10 nitrogen and oxygen atoms in total. The number of aliphatic hydroxyl groups is 2. The van der Waals surface area contributed by atoms with Crippen LogP contribution in [0.4, 0.5) is 0 Å². The molecule has 12 heteroatoms. The van der Waals surface area contributed by atoms with Crippen molar-refractivity contribution in [1.29, 1.82) is 0 Å². The summed E-state index contributed by atoms with van der Waals surface area (Å²) in [7, 11) is 0. The van der Waals surface area contributed by atoms with E-state index in [9.17, 15) is 29.4 Å². The van der Waals surface area contributed by atoms with Gasteiger partial charge in [0.15, 0.2) is 0 Å². The lowest BCUT2D eigenvalue weighted by molar-refractivity contribution is 0.0574. The van der Waals surface area contributed by atoms with Crippen LogP contribution in [-0.4, -0.2) is 60.2 Å². The molecule has 0 fully saturated rings. The first-order valence-electron chi connectivity index (χ1n) is 17.0. The number of para-hydroxylation sites is 2. The van der Waals surface area contributed by atoms with E-state index in [2.05, 4.69) is 16.5 Å². The summed E-state index contributed by atoms with van der Waals surface area (Å²) < 4.78 is 0. The second kappa shape index (κ2) is 14.6. The largest absolute Gasteiger partial charge is 0.393 e. The van der Waals surface area contributed by atoms with Gasteiger partial charge in [-0.2, -0.15) is 0 Å². The average Bonchev–Trinajstić information content (AvgIpc) is 3.60. The van der Waals surface area contributed by atoms with Crippen molar-refractivity contribution in [2.75, 3.05) is 6.61 Å². The van der Waals surface area contributed by atoms with Gasteiger partial charge >= 0.3 is 0 Å². The summed E-state index contributed by atoms with van der Waals surface area (Å²) >= 11 is 12.5. The van der Waals surface area contributed by atoms with Crippen molar-refractivity contribution in [2.24, 2.45) is 0 Å². The molecule has 0 saturated heterocycles. The average molecular weight is 760 g/mol. The van der Waals surface area contributed by atoms with Gasteiger partial charge in [0.2, 0.25) is 0 Å². The Balaban J connectivity index is 0.000000167. The van der Waals surface area contributed by atoms with Gasteiger partial charge in [-0.1, -0.05) is 78.3 Å². The zero-order valence-electron chi connectivity index (χ0n) is 29.0. The van der Waals surface area contributed by atoms with Gasteiger partial charge in [-0.15, -0.1) is 0 Å². The molecule has 0 radical (unpaired) electrons. The van der Waals surface area contributed by atoms with Crippen LogP contribution in [0.3, 0.4) is 0 Å². The number of hydrogen-bond donors (Lipinski definition) is 2. The third kappa shape index (κ3) is 6.13. The third-order valence-corrected chi connectivity index (χ3v) is 10.3. The van der Waals surface area contributed by atoms with Crippen LogP contribution in [0, 0.1) is 0 Å². The summed E-state index contributed by atoms with van der Waals surface area (Å²) in [5, 5.41) is 22.3. The van der Waals surface area contributed by atoms with E-state index in [1.807, 2.05) is 31.2 Å². The van der Waals surface area contributed by atoms with Gasteiger partial charge in [0, 0.05) is 16.3 Å². The van der Waals surface area contributed by atoms with Crippen molar-refractivity contribution < 1.29 is 29.4 Å². The number of benzene rings is 4. The summed E-state index contributed by atoms with van der Waals surface area (Å²) in [6.07, 6.45) is 0.348. The highest BCUT2D eigenvalue weighted by Crippen LogP contribution is 2.37. The number of rotatable bonds is 7. The minimum absolute atomic E-state index is 0.187. The van der Waals surface area contributed by atoms with E-state index in [1.54, 1.807) is 85.8 Å². The number of pyridine rings is 2. The maximum absolute atomic E-state index is 12.8. The molecule has 2 aromatic heterocycles. The number of hydrogen-bond acceptors (Lipinski definition) is 8. The molecule has 0 aliphatic carbocycles. The second-order valence-corrected chi connectivity index (χ2v) is 13.7. The maximum atomic E-state index is 12.8. The fraction of sp³-hybridized carbons (Fsp3) is 0.143. The smallest absolute Gasteiger partial charge is 0.262 e. The Morgan fingerprint density at radius 3 is 1.48 bits per heavy atom. The number of aromatic nitrogens is 2. The predicted molar refractivity (Wildman–Crippen MR) is 206 cm³/mol. The van der Waals surface area contributed by atoms with Crippen molar-refractivity contribution in [3.05, 3.63) is 158 Å². The summed E-state index contributed by atoms with van der Waals surface area (Å²) in [5.74, 6) is -1.38. The summed E-state index contributed by atoms with van der Waals surface area (Å²) in [6.45, 7) is 6.79. The van der Waals surface area contributed by atoms with E-state index in [-0.39, 0.29) is 17.5 Å². The van der Waals surface area contributed by atoms with E-state index >= 15 is 0 Å². The van der Waals surface area contributed by atoms with Gasteiger partial charge in [-0.25, -0.2) is 9.97 Å². The number of imide groups is 2. The molecule has 8 rings (SSSR count). The highest BCUT2D eigenvalue weighted by atomic mass is 35.5. The van der Waals surface area contributed by atoms with Crippen LogP contribution in [0.2, 0.25) is 10.0 Å². The van der Waals surface area contributed by atoms with Crippen molar-refractivity contribution in [1.82, 2.24) is 19.8 Å². The molecule has 0 bridgehead atoms. The van der Waals surface area contributed by atoms with Gasteiger partial charge in [0.25, 0.3) is 23.6 Å². The van der Waals surface area contributed by atoms with E-state index in [4.69, 9.17) is 23.2 Å². The molecule has 4 aromatic carbocycles. The highest BCUT2D eigenvalue weighted by Gasteiger charge is 2.41. The molecule has 4 heterocycles. The van der Waals surface area contributed by atoms with E-state index in [1.165, 1.54) is 4.90 Å². The Labute approximate surface area is 319 Å². The van der Waals surface area contributed by atoms with E-state index < -0.39 is 36.6 Å². The fourth-order valence-electron chi connectivity index (χ4n) is 6.97. The van der Waals surface area contributed by atoms with Crippen LogP contribution >= 0.6 is 23.2 Å². The van der Waals surface area contributed by atoms with Crippen molar-refractivity contribution in [2.45, 2.75) is 32.0 Å². The molecular formula is C42H32Cl2N4O6. The molecular weight excluding hydrogens is 727 g/mol. The van der Waals surface area contributed by atoms with Crippen molar-refractivity contribution >= 4 is 74.7 Å². The Morgan fingerprint density at radius 1 is 0.648 bits per heavy atom. The SMILES string of the molecule is C=Cc1nc2c(Cl)cccc2cc1[C@H](C)N1C(=O)c2ccccc2C1=O.C[C@@H](c1cc2cccc(Cl)c2nc1C(O)CO)N1C(=O)c2ccccc2C1=O. The molecule has 6 aromatic rings. The number of aliphatic hydroxyl groups excluding tert-OH is 2. The number of fused-ring (bicyclic) bond motifs is 4. The number of halogens is 2. The van der Waals surface area contributed by atoms with Crippen LogP contribution < -0.4 is 0 Å². The summed E-state index contributed by atoms with van der Waals surface area (Å²) in [4.78, 5) is 62.7. The van der Waals surface area contributed by atoms with Gasteiger partial charge in [-0.05, 0) is 74.0 Å². The minimum Gasteiger partial charge on any atom is -0.393 e. The van der Waals surface area contributed by atoms with Crippen molar-refractivity contribution in [3.8, 4) is 0 Å². The molecule has 1 unspecified atom stereocenters. The minimum atomic E-state index is -1.27. The van der Waals surface area contributed by atoms with Crippen molar-refractivity contribution in [3.63, 3.8) is 0 Å². The molecule has 3 atom stereocenters. The van der Waals surface area contributed by atoms with Crippen LogP contribution in [0.5, 0.6) is 0 Å². The van der Waals surface area contributed by atoms with Crippen LogP contribution in [0.25, 0.3) is 27.9 Å². The number of nitrogens with zero attached hydrogens (tertiary/aromatic N) is 4. The summed E-state index contributed by atoms with van der Waals surface area (Å²) in [5.41, 5.74) is 4.73. The Morgan fingerprint density at radius 2 is 1.06 bits per heavy atom. The Hall–Kier alpha value is -5.78. The summed E-state index contributed by atoms with van der Waals surface area (Å²) in [6, 6.07) is 26.8. The quantitative estimate of drug-likeness (QED) is 0.155. The lowest BCUT2D eigenvalue weighted by atomic mass is 9.99. The lowest BCUT2D eigenvalue weighted by Gasteiger charge is -2.26. The topological polar surface area (TPSA) is 141 Å². The van der Waals surface area contributed by atoms with Crippen LogP contribution in [0.1, 0.15) is 96.0 Å². The first-order valence-corrected chi connectivity index (χ1v) is 17.8. The molecule has 0 saturated carbocycles. The van der Waals surface area contributed by atoms with Crippen LogP contribution in [0.15, 0.2) is 104 Å². The standard InChI is InChI=1S/C21H17ClN2O4.C21H15ClN2O2/c1-11(24-20(27)13-6-2-3-7-14(13)21(24)28)15-9-12-5-4-8-16(22)18(12)23-19(15)17(26)10-25;1-3-18-16(11-13-7-6-10-17(22)19(13)23-18)12(2)24-20(25)14-8-4-5-9-15(14)21(24)26/h2-9,11,17,25-26H,10H2,1H3;3-12H,1H2,2H3/t11-,17?;12-/m00/s1. The first-order chi connectivity index (χ1) is 26.0. The maximum Gasteiger partial charge on any atom is 0.262 e. The molecule has 54 heavy (non-hydrogen) atoms. The Bertz CT molecular complexity index is 2490. The normalized spacial score (nSPS) is 15.2. The zero-order chi connectivity index (χ0) is 38.4. The molecule has 2 aliphatic rings. The monoisotopic (exact) mass is 758 g/mol. The molecule has 2 N–H and O–H groups in total. The van der Waals surface area contributed by atoms with E-state index in [0.717, 1.165) is 15.8 Å². The van der Waals surface area contributed by atoms with Gasteiger partial charge in [-0.3, -0.25) is 29.0 Å². The molecule has 2 aliphatic heterocycles.